The quantitative estimate of drug-likeness (QED) is 0.717. The predicted molar refractivity (Wildman–Crippen MR) is 111 cm³/mol. The van der Waals surface area contributed by atoms with E-state index in [4.69, 9.17) is 32.7 Å². The van der Waals surface area contributed by atoms with Gasteiger partial charge in [-0.05, 0) is 35.9 Å². The first-order valence-corrected chi connectivity index (χ1v) is 11.0. The minimum absolute atomic E-state index is 0.0213. The lowest BCUT2D eigenvalue weighted by Gasteiger charge is -2.26. The molecule has 1 amide bonds. The number of morpholine rings is 1. The molecular formula is C19H20Cl2N2O5S. The van der Waals surface area contributed by atoms with Gasteiger partial charge in [-0.3, -0.25) is 4.79 Å². The van der Waals surface area contributed by atoms with Gasteiger partial charge in [-0.15, -0.1) is 0 Å². The Morgan fingerprint density at radius 3 is 2.59 bits per heavy atom. The molecule has 0 unspecified atom stereocenters. The topological polar surface area (TPSA) is 84.9 Å². The fourth-order valence-corrected chi connectivity index (χ4v) is 4.88. The number of sulfonamides is 1. The SMILES string of the molecule is COc1ccc(CC(=O)Nc2cc(Cl)ccc2Cl)cc1S(=O)(=O)N1CCOCC1. The molecule has 3 rings (SSSR count). The zero-order valence-corrected chi connectivity index (χ0v) is 18.0. The van der Waals surface area contributed by atoms with Crippen LogP contribution in [0, 0.1) is 0 Å². The molecule has 29 heavy (non-hydrogen) atoms. The number of nitrogens with zero attached hydrogens (tertiary/aromatic N) is 1. The third-order valence-electron chi connectivity index (χ3n) is 4.38. The van der Waals surface area contributed by atoms with E-state index < -0.39 is 10.0 Å². The van der Waals surface area contributed by atoms with Crippen molar-refractivity contribution in [1.29, 1.82) is 0 Å². The van der Waals surface area contributed by atoms with Crippen LogP contribution in [0.1, 0.15) is 5.56 Å². The fraction of sp³-hybridized carbons (Fsp3) is 0.316. The Morgan fingerprint density at radius 2 is 1.90 bits per heavy atom. The Hall–Kier alpha value is -1.84. The molecule has 0 spiro atoms. The third-order valence-corrected chi connectivity index (χ3v) is 6.87. The number of rotatable bonds is 6. The Balaban J connectivity index is 1.82. The zero-order valence-electron chi connectivity index (χ0n) is 15.7. The number of carbonyl (C=O) groups is 1. The van der Waals surface area contributed by atoms with Crippen LogP contribution in [-0.4, -0.2) is 52.0 Å². The number of hydrogen-bond acceptors (Lipinski definition) is 5. The third kappa shape index (κ3) is 5.21. The van der Waals surface area contributed by atoms with E-state index in [9.17, 15) is 13.2 Å². The molecule has 1 heterocycles. The van der Waals surface area contributed by atoms with Crippen LogP contribution < -0.4 is 10.1 Å². The molecular weight excluding hydrogens is 439 g/mol. The molecule has 156 valence electrons. The largest absolute Gasteiger partial charge is 0.495 e. The first-order chi connectivity index (χ1) is 13.8. The summed E-state index contributed by atoms with van der Waals surface area (Å²) in [5.74, 6) is -0.132. The minimum Gasteiger partial charge on any atom is -0.495 e. The molecule has 0 saturated carbocycles. The van der Waals surface area contributed by atoms with Crippen molar-refractivity contribution in [2.75, 3.05) is 38.7 Å². The number of hydrogen-bond donors (Lipinski definition) is 1. The lowest BCUT2D eigenvalue weighted by molar-refractivity contribution is -0.115. The molecule has 1 aliphatic rings. The second-order valence-corrected chi connectivity index (χ2v) is 9.10. The molecule has 1 aliphatic heterocycles. The summed E-state index contributed by atoms with van der Waals surface area (Å²) in [7, 11) is -2.37. The van der Waals surface area contributed by atoms with Gasteiger partial charge in [0, 0.05) is 18.1 Å². The molecule has 1 fully saturated rings. The number of amides is 1. The van der Waals surface area contributed by atoms with Crippen molar-refractivity contribution in [1.82, 2.24) is 4.31 Å². The summed E-state index contributed by atoms with van der Waals surface area (Å²) in [5, 5.41) is 3.48. The standard InChI is InChI=1S/C19H20Cl2N2O5S/c1-27-17-5-2-13(10-18(17)29(25,26)23-6-8-28-9-7-23)11-19(24)22-16-12-14(20)3-4-15(16)21/h2-5,10,12H,6-9,11H2,1H3,(H,22,24). The van der Waals surface area contributed by atoms with E-state index in [-0.39, 0.29) is 36.1 Å². The van der Waals surface area contributed by atoms with Gasteiger partial charge in [0.1, 0.15) is 10.6 Å². The van der Waals surface area contributed by atoms with Crippen LogP contribution in [0.4, 0.5) is 5.69 Å². The highest BCUT2D eigenvalue weighted by Gasteiger charge is 2.29. The van der Waals surface area contributed by atoms with Crippen molar-refractivity contribution >= 4 is 44.8 Å². The second-order valence-electron chi connectivity index (χ2n) is 6.35. The summed E-state index contributed by atoms with van der Waals surface area (Å²) in [4.78, 5) is 12.5. The van der Waals surface area contributed by atoms with Crippen LogP contribution >= 0.6 is 23.2 Å². The summed E-state index contributed by atoms with van der Waals surface area (Å²) >= 11 is 12.0. The van der Waals surface area contributed by atoms with Crippen molar-refractivity contribution in [2.24, 2.45) is 0 Å². The van der Waals surface area contributed by atoms with E-state index >= 15 is 0 Å². The average molecular weight is 459 g/mol. The number of benzene rings is 2. The van der Waals surface area contributed by atoms with E-state index in [1.54, 1.807) is 30.3 Å². The maximum absolute atomic E-state index is 13.0. The van der Waals surface area contributed by atoms with Gasteiger partial charge in [0.25, 0.3) is 0 Å². The van der Waals surface area contributed by atoms with Gasteiger partial charge in [0.05, 0.1) is 37.5 Å². The molecule has 0 atom stereocenters. The van der Waals surface area contributed by atoms with Crippen molar-refractivity contribution in [2.45, 2.75) is 11.3 Å². The monoisotopic (exact) mass is 458 g/mol. The van der Waals surface area contributed by atoms with E-state index in [0.717, 1.165) is 0 Å². The summed E-state index contributed by atoms with van der Waals surface area (Å²) < 4.78 is 37.9. The van der Waals surface area contributed by atoms with Gasteiger partial charge in [-0.1, -0.05) is 29.3 Å². The van der Waals surface area contributed by atoms with Crippen molar-refractivity contribution in [3.8, 4) is 5.75 Å². The van der Waals surface area contributed by atoms with Crippen LogP contribution in [0.3, 0.4) is 0 Å². The van der Waals surface area contributed by atoms with Gasteiger partial charge in [-0.25, -0.2) is 8.42 Å². The molecule has 0 bridgehead atoms. The zero-order chi connectivity index (χ0) is 21.0. The average Bonchev–Trinajstić information content (AvgIpc) is 2.71. The Bertz CT molecular complexity index is 1010. The molecule has 10 heteroatoms. The van der Waals surface area contributed by atoms with Crippen molar-refractivity contribution in [3.63, 3.8) is 0 Å². The smallest absolute Gasteiger partial charge is 0.246 e. The highest BCUT2D eigenvalue weighted by atomic mass is 35.5. The Kier molecular flexibility index (Phi) is 7.02. The maximum Gasteiger partial charge on any atom is 0.246 e. The van der Waals surface area contributed by atoms with Crippen molar-refractivity contribution < 1.29 is 22.7 Å². The number of anilines is 1. The van der Waals surface area contributed by atoms with Crippen LogP contribution in [0.15, 0.2) is 41.3 Å². The van der Waals surface area contributed by atoms with Crippen LogP contribution in [-0.2, 0) is 26.0 Å². The maximum atomic E-state index is 13.0. The first-order valence-electron chi connectivity index (χ1n) is 8.81. The van der Waals surface area contributed by atoms with Crippen LogP contribution in [0.25, 0.3) is 0 Å². The highest BCUT2D eigenvalue weighted by Crippen LogP contribution is 2.29. The normalized spacial score (nSPS) is 15.1. The minimum atomic E-state index is -3.78. The number of ether oxygens (including phenoxy) is 2. The molecule has 1 saturated heterocycles. The molecule has 0 aromatic heterocycles. The van der Waals surface area contributed by atoms with Gasteiger partial charge in [0.2, 0.25) is 15.9 Å². The summed E-state index contributed by atoms with van der Waals surface area (Å²) in [5.41, 5.74) is 0.909. The van der Waals surface area contributed by atoms with Crippen LogP contribution in [0.5, 0.6) is 5.75 Å². The molecule has 2 aromatic rings. The van der Waals surface area contributed by atoms with E-state index in [1.165, 1.54) is 17.5 Å². The van der Waals surface area contributed by atoms with Gasteiger partial charge in [0.15, 0.2) is 0 Å². The molecule has 7 nitrogen and oxygen atoms in total. The second kappa shape index (κ2) is 9.32. The van der Waals surface area contributed by atoms with Crippen LogP contribution in [0.2, 0.25) is 10.0 Å². The number of carbonyl (C=O) groups excluding carboxylic acids is 1. The van der Waals surface area contributed by atoms with Gasteiger partial charge < -0.3 is 14.8 Å². The summed E-state index contributed by atoms with van der Waals surface area (Å²) in [6.45, 7) is 1.21. The van der Waals surface area contributed by atoms with Crippen molar-refractivity contribution in [3.05, 3.63) is 52.0 Å². The summed E-state index contributed by atoms with van der Waals surface area (Å²) in [6, 6.07) is 9.40. The molecule has 2 aromatic carbocycles. The Morgan fingerprint density at radius 1 is 1.17 bits per heavy atom. The number of nitrogens with one attached hydrogen (secondary N) is 1. The van der Waals surface area contributed by atoms with Gasteiger partial charge in [-0.2, -0.15) is 4.31 Å². The first kappa shape index (κ1) is 21.9. The lowest BCUT2D eigenvalue weighted by Crippen LogP contribution is -2.40. The number of methoxy groups -OCH3 is 1. The summed E-state index contributed by atoms with van der Waals surface area (Å²) in [6.07, 6.45) is -0.0432. The molecule has 1 N–H and O–H groups in total. The van der Waals surface area contributed by atoms with E-state index in [2.05, 4.69) is 5.32 Å². The molecule has 0 radical (unpaired) electrons. The van der Waals surface area contributed by atoms with Gasteiger partial charge >= 0.3 is 0 Å². The predicted octanol–water partition coefficient (Wildman–Crippen LogP) is 3.20. The molecule has 0 aliphatic carbocycles. The Labute approximate surface area is 179 Å². The highest BCUT2D eigenvalue weighted by molar-refractivity contribution is 7.89. The fourth-order valence-electron chi connectivity index (χ4n) is 2.93. The lowest BCUT2D eigenvalue weighted by atomic mass is 10.1. The van der Waals surface area contributed by atoms with E-state index in [1.807, 2.05) is 0 Å². The number of halogens is 2. The van der Waals surface area contributed by atoms with E-state index in [0.29, 0.717) is 34.5 Å².